The Labute approximate surface area is 126 Å². The Morgan fingerprint density at radius 3 is 1.86 bits per heavy atom. The highest BCUT2D eigenvalue weighted by Gasteiger charge is 2.38. The Hall–Kier alpha value is -2.00. The van der Waals surface area contributed by atoms with E-state index in [1.165, 1.54) is 0 Å². The van der Waals surface area contributed by atoms with E-state index in [1.807, 2.05) is 36.4 Å². The number of rotatable bonds is 7. The Kier molecular flexibility index (Phi) is 5.23. The maximum atomic E-state index is 12.9. The summed E-state index contributed by atoms with van der Waals surface area (Å²) < 4.78 is 0. The molecule has 0 aliphatic rings. The summed E-state index contributed by atoms with van der Waals surface area (Å²) in [4.78, 5) is 23.4. The molecule has 0 spiro atoms. The number of aldehydes is 1. The second-order valence-corrected chi connectivity index (χ2v) is 9.30. The second-order valence-electron chi connectivity index (χ2n) is 5.34. The molecule has 0 aliphatic heterocycles. The van der Waals surface area contributed by atoms with Crippen molar-refractivity contribution in [2.75, 3.05) is 0 Å². The van der Waals surface area contributed by atoms with E-state index in [4.69, 9.17) is 0 Å². The zero-order valence-corrected chi connectivity index (χ0v) is 13.3. The van der Waals surface area contributed by atoms with Crippen molar-refractivity contribution >= 4 is 30.1 Å². The maximum absolute atomic E-state index is 12.9. The zero-order chi connectivity index (χ0) is 15.1. The molecule has 2 rings (SSSR count). The van der Waals surface area contributed by atoms with Crippen molar-refractivity contribution in [3.8, 4) is 0 Å². The van der Waals surface area contributed by atoms with Gasteiger partial charge in [-0.2, -0.15) is 0 Å². The van der Waals surface area contributed by atoms with Gasteiger partial charge in [0.2, 0.25) is 0 Å². The molecule has 2 aromatic carbocycles. The van der Waals surface area contributed by atoms with E-state index in [0.29, 0.717) is 24.7 Å². The smallest absolute Gasteiger partial charge is 0.190 e. The van der Waals surface area contributed by atoms with Crippen molar-refractivity contribution in [3.05, 3.63) is 60.7 Å². The number of unbranched alkanes of at least 4 members (excludes halogenated alkanes) is 1. The predicted molar refractivity (Wildman–Crippen MR) is 88.7 cm³/mol. The van der Waals surface area contributed by atoms with Crippen molar-refractivity contribution < 1.29 is 9.59 Å². The van der Waals surface area contributed by atoms with E-state index in [2.05, 4.69) is 30.8 Å². The van der Waals surface area contributed by atoms with Crippen LogP contribution in [0.4, 0.5) is 0 Å². The largest absolute Gasteiger partial charge is 0.305 e. The van der Waals surface area contributed by atoms with Gasteiger partial charge in [0, 0.05) is 12.8 Å². The van der Waals surface area contributed by atoms with Crippen LogP contribution in [-0.4, -0.2) is 19.8 Å². The molecule has 0 atom stereocenters. The van der Waals surface area contributed by atoms with Crippen molar-refractivity contribution in [2.45, 2.75) is 25.8 Å². The zero-order valence-electron chi connectivity index (χ0n) is 12.3. The van der Waals surface area contributed by atoms with Crippen LogP contribution < -0.4 is 10.4 Å². The topological polar surface area (TPSA) is 34.1 Å². The minimum absolute atomic E-state index is 0.293. The SMILES string of the molecule is C[Si](C(=O)CCCC=O)(c1ccccc1)c1ccccc1. The lowest BCUT2D eigenvalue weighted by molar-refractivity contribution is -0.112. The summed E-state index contributed by atoms with van der Waals surface area (Å²) in [5.74, 6) is 0. The van der Waals surface area contributed by atoms with E-state index >= 15 is 0 Å². The monoisotopic (exact) mass is 296 g/mol. The summed E-state index contributed by atoms with van der Waals surface area (Å²) in [7, 11) is -2.41. The first-order valence-corrected chi connectivity index (χ1v) is 9.77. The third-order valence-electron chi connectivity index (χ3n) is 3.99. The van der Waals surface area contributed by atoms with Crippen molar-refractivity contribution in [2.24, 2.45) is 0 Å². The van der Waals surface area contributed by atoms with Crippen LogP contribution in [0, 0.1) is 0 Å². The average Bonchev–Trinajstić information content (AvgIpc) is 2.56. The molecule has 2 aromatic rings. The van der Waals surface area contributed by atoms with Crippen LogP contribution in [0.3, 0.4) is 0 Å². The average molecular weight is 296 g/mol. The minimum Gasteiger partial charge on any atom is -0.305 e. The van der Waals surface area contributed by atoms with Crippen LogP contribution >= 0.6 is 0 Å². The molecule has 2 nitrogen and oxygen atoms in total. The lowest BCUT2D eigenvalue weighted by atomic mass is 10.3. The third kappa shape index (κ3) is 3.36. The van der Waals surface area contributed by atoms with E-state index < -0.39 is 8.07 Å². The molecule has 0 aromatic heterocycles. The van der Waals surface area contributed by atoms with E-state index in [1.54, 1.807) is 0 Å². The van der Waals surface area contributed by atoms with Gasteiger partial charge in [-0.25, -0.2) is 0 Å². The summed E-state index contributed by atoms with van der Waals surface area (Å²) in [5.41, 5.74) is 0. The van der Waals surface area contributed by atoms with Gasteiger partial charge in [0.25, 0.3) is 0 Å². The van der Waals surface area contributed by atoms with Gasteiger partial charge < -0.3 is 9.59 Å². The van der Waals surface area contributed by atoms with Crippen LogP contribution in [0.15, 0.2) is 60.7 Å². The van der Waals surface area contributed by atoms with Gasteiger partial charge in [-0.1, -0.05) is 67.2 Å². The molecule has 21 heavy (non-hydrogen) atoms. The Bertz CT molecular complexity index is 554. The fourth-order valence-electron chi connectivity index (χ4n) is 2.63. The van der Waals surface area contributed by atoms with Gasteiger partial charge in [-0.3, -0.25) is 0 Å². The van der Waals surface area contributed by atoms with Gasteiger partial charge in [0.05, 0.1) is 0 Å². The van der Waals surface area contributed by atoms with Crippen LogP contribution in [0.5, 0.6) is 0 Å². The summed E-state index contributed by atoms with van der Waals surface area (Å²) in [6.07, 6.45) is 2.47. The molecule has 0 saturated carbocycles. The fourth-order valence-corrected chi connectivity index (χ4v) is 6.00. The molecule has 0 unspecified atom stereocenters. The number of hydrogen-bond donors (Lipinski definition) is 0. The van der Waals surface area contributed by atoms with Gasteiger partial charge in [-0.05, 0) is 16.8 Å². The molecule has 0 N–H and O–H groups in total. The highest BCUT2D eigenvalue weighted by atomic mass is 28.3. The van der Waals surface area contributed by atoms with Gasteiger partial charge in [0.15, 0.2) is 8.07 Å². The lowest BCUT2D eigenvalue weighted by Crippen LogP contribution is -2.62. The van der Waals surface area contributed by atoms with E-state index in [0.717, 1.165) is 16.7 Å². The fraction of sp³-hybridized carbons (Fsp3) is 0.222. The van der Waals surface area contributed by atoms with Gasteiger partial charge >= 0.3 is 0 Å². The molecule has 0 heterocycles. The van der Waals surface area contributed by atoms with E-state index in [-0.39, 0.29) is 0 Å². The molecule has 3 heteroatoms. The second kappa shape index (κ2) is 7.13. The summed E-state index contributed by atoms with van der Waals surface area (Å²) in [5, 5.41) is 2.56. The first-order valence-electron chi connectivity index (χ1n) is 7.27. The molecular formula is C18H20O2Si. The molecule has 0 aliphatic carbocycles. The first-order chi connectivity index (χ1) is 10.2. The van der Waals surface area contributed by atoms with Gasteiger partial charge in [-0.15, -0.1) is 0 Å². The maximum Gasteiger partial charge on any atom is 0.190 e. The lowest BCUT2D eigenvalue weighted by Gasteiger charge is -2.27. The first kappa shape index (κ1) is 15.4. The third-order valence-corrected chi connectivity index (χ3v) is 8.33. The number of carbonyl (C=O) groups is 2. The molecular weight excluding hydrogens is 276 g/mol. The minimum atomic E-state index is -2.41. The van der Waals surface area contributed by atoms with Crippen LogP contribution in [0.1, 0.15) is 19.3 Å². The highest BCUT2D eigenvalue weighted by Crippen LogP contribution is 2.11. The summed E-state index contributed by atoms with van der Waals surface area (Å²) >= 11 is 0. The molecule has 0 bridgehead atoms. The van der Waals surface area contributed by atoms with E-state index in [9.17, 15) is 9.59 Å². The van der Waals surface area contributed by atoms with Crippen molar-refractivity contribution in [1.29, 1.82) is 0 Å². The molecule has 0 amide bonds. The number of carbonyl (C=O) groups excluding carboxylic acids is 2. The molecule has 0 fully saturated rings. The Morgan fingerprint density at radius 2 is 1.43 bits per heavy atom. The molecule has 0 saturated heterocycles. The van der Waals surface area contributed by atoms with Crippen LogP contribution in [0.25, 0.3) is 0 Å². The standard InChI is InChI=1S/C18H20O2Si/c1-21(16-10-4-2-5-11-16,17-12-6-3-7-13-17)18(20)14-8-9-15-19/h2-7,10-13,15H,8-9,14H2,1H3. The summed E-state index contributed by atoms with van der Waals surface area (Å²) in [6.45, 7) is 2.11. The predicted octanol–water partition coefficient (Wildman–Crippen LogP) is 2.36. The number of benzene rings is 2. The van der Waals surface area contributed by atoms with Crippen molar-refractivity contribution in [3.63, 3.8) is 0 Å². The van der Waals surface area contributed by atoms with Crippen LogP contribution in [-0.2, 0) is 9.59 Å². The summed E-state index contributed by atoms with van der Waals surface area (Å²) in [6, 6.07) is 20.1. The highest BCUT2D eigenvalue weighted by molar-refractivity contribution is 7.21. The Balaban J connectivity index is 2.40. The number of hydrogen-bond acceptors (Lipinski definition) is 2. The van der Waals surface area contributed by atoms with Gasteiger partial charge in [0.1, 0.15) is 11.7 Å². The quantitative estimate of drug-likeness (QED) is 0.446. The van der Waals surface area contributed by atoms with Crippen LogP contribution in [0.2, 0.25) is 6.55 Å². The molecule has 0 radical (unpaired) electrons. The Morgan fingerprint density at radius 1 is 0.952 bits per heavy atom. The molecule has 108 valence electrons. The van der Waals surface area contributed by atoms with Crippen molar-refractivity contribution in [1.82, 2.24) is 0 Å². The normalized spacial score (nSPS) is 11.1.